The second-order valence-corrected chi connectivity index (χ2v) is 7.50. The Morgan fingerprint density at radius 1 is 1.21 bits per heavy atom. The van der Waals surface area contributed by atoms with Gasteiger partial charge in [0.25, 0.3) is 5.91 Å². The van der Waals surface area contributed by atoms with E-state index in [1.807, 2.05) is 20.8 Å². The molecule has 1 aromatic heterocycles. The lowest BCUT2D eigenvalue weighted by Gasteiger charge is -2.28. The molecule has 0 fully saturated rings. The molecule has 1 heterocycles. The topological polar surface area (TPSA) is 123 Å². The molecule has 0 radical (unpaired) electrons. The largest absolute Gasteiger partial charge is 0.500 e. The van der Waals surface area contributed by atoms with Gasteiger partial charge in [-0.05, 0) is 27.2 Å². The zero-order valence-electron chi connectivity index (χ0n) is 14.3. The molecule has 24 heavy (non-hydrogen) atoms. The molecule has 0 aliphatic heterocycles. The van der Waals surface area contributed by atoms with Gasteiger partial charge < -0.3 is 28.7 Å². The maximum Gasteiger partial charge on any atom is 0.500 e. The Hall–Kier alpha value is -1.75. The maximum absolute atomic E-state index is 12.0. The van der Waals surface area contributed by atoms with E-state index in [1.54, 1.807) is 0 Å². The van der Waals surface area contributed by atoms with Crippen LogP contribution in [0.5, 0.6) is 0 Å². The highest BCUT2D eigenvalue weighted by Gasteiger charge is 2.39. The lowest BCUT2D eigenvalue weighted by Crippen LogP contribution is -2.46. The number of amides is 1. The molecule has 0 bridgehead atoms. The lowest BCUT2D eigenvalue weighted by molar-refractivity contribution is 0.0684. The smallest absolute Gasteiger partial charge is 0.477 e. The minimum atomic E-state index is -2.73. The van der Waals surface area contributed by atoms with E-state index in [1.165, 1.54) is 6.33 Å². The van der Waals surface area contributed by atoms with Crippen molar-refractivity contribution in [2.45, 2.75) is 33.2 Å². The van der Waals surface area contributed by atoms with Crippen molar-refractivity contribution < 1.29 is 28.0 Å². The molecule has 0 saturated heterocycles. The highest BCUT2D eigenvalue weighted by atomic mass is 28.4. The van der Waals surface area contributed by atoms with Gasteiger partial charge in [0, 0.05) is 32.4 Å². The predicted octanol–water partition coefficient (Wildman–Crippen LogP) is 1.28. The Balaban J connectivity index is 2.54. The molecule has 1 aromatic rings. The fourth-order valence-corrected chi connectivity index (χ4v) is 4.83. The molecule has 0 aromatic carbocycles. The number of rotatable bonds is 12. The van der Waals surface area contributed by atoms with Crippen LogP contribution >= 0.6 is 0 Å². The van der Waals surface area contributed by atoms with Gasteiger partial charge in [-0.2, -0.15) is 0 Å². The van der Waals surface area contributed by atoms with E-state index in [0.29, 0.717) is 38.8 Å². The van der Waals surface area contributed by atoms with Gasteiger partial charge in [0.05, 0.1) is 6.33 Å². The summed E-state index contributed by atoms with van der Waals surface area (Å²) in [6.07, 6.45) is 1.76. The van der Waals surface area contributed by atoms with Crippen molar-refractivity contribution in [3.8, 4) is 0 Å². The number of carbonyl (C=O) groups is 2. The van der Waals surface area contributed by atoms with Gasteiger partial charge in [0.2, 0.25) is 0 Å². The molecular formula is C14H25N3O6Si. The van der Waals surface area contributed by atoms with E-state index < -0.39 is 20.7 Å². The van der Waals surface area contributed by atoms with Crippen LogP contribution in [0.4, 0.5) is 0 Å². The van der Waals surface area contributed by atoms with Gasteiger partial charge >= 0.3 is 14.8 Å². The Labute approximate surface area is 142 Å². The Bertz CT molecular complexity index is 519. The van der Waals surface area contributed by atoms with Crippen LogP contribution in [-0.2, 0) is 13.3 Å². The van der Waals surface area contributed by atoms with Crippen molar-refractivity contribution in [2.24, 2.45) is 0 Å². The lowest BCUT2D eigenvalue weighted by atomic mass is 10.3. The summed E-state index contributed by atoms with van der Waals surface area (Å²) in [6.45, 7) is 7.47. The molecule has 0 aliphatic rings. The quantitative estimate of drug-likeness (QED) is 0.379. The first-order valence-electron chi connectivity index (χ1n) is 7.96. The molecule has 0 unspecified atom stereocenters. The van der Waals surface area contributed by atoms with Crippen LogP contribution in [0.1, 0.15) is 48.2 Å². The average Bonchev–Trinajstić information content (AvgIpc) is 3.02. The van der Waals surface area contributed by atoms with Crippen molar-refractivity contribution >= 4 is 20.7 Å². The highest BCUT2D eigenvalue weighted by Crippen LogP contribution is 2.17. The van der Waals surface area contributed by atoms with Crippen LogP contribution in [0.2, 0.25) is 6.04 Å². The summed E-state index contributed by atoms with van der Waals surface area (Å²) in [6, 6.07) is 0.565. The fourth-order valence-electron chi connectivity index (χ4n) is 2.22. The van der Waals surface area contributed by atoms with Crippen LogP contribution in [0, 0.1) is 0 Å². The summed E-state index contributed by atoms with van der Waals surface area (Å²) in [5, 5.41) is 11.6. The maximum atomic E-state index is 12.0. The number of hydrogen-bond acceptors (Lipinski definition) is 6. The van der Waals surface area contributed by atoms with E-state index >= 15 is 0 Å². The van der Waals surface area contributed by atoms with Crippen molar-refractivity contribution in [2.75, 3.05) is 26.4 Å². The molecule has 1 rings (SSSR count). The average molecular weight is 359 g/mol. The fraction of sp³-hybridized carbons (Fsp3) is 0.643. The Kier molecular flexibility index (Phi) is 8.61. The first-order chi connectivity index (χ1) is 11.5. The molecule has 136 valence electrons. The summed E-state index contributed by atoms with van der Waals surface area (Å²) in [7, 11) is -2.73. The minimum absolute atomic E-state index is 0.134. The van der Waals surface area contributed by atoms with Crippen LogP contribution in [-0.4, -0.2) is 62.1 Å². The third-order valence-corrected chi connectivity index (χ3v) is 6.26. The van der Waals surface area contributed by atoms with Crippen LogP contribution < -0.4 is 5.32 Å². The van der Waals surface area contributed by atoms with Gasteiger partial charge in [-0.15, -0.1) is 0 Å². The van der Waals surface area contributed by atoms with Crippen LogP contribution in [0.25, 0.3) is 0 Å². The number of aromatic nitrogens is 2. The van der Waals surface area contributed by atoms with Crippen molar-refractivity contribution in [3.63, 3.8) is 0 Å². The molecular weight excluding hydrogens is 334 g/mol. The van der Waals surface area contributed by atoms with Crippen molar-refractivity contribution in [3.05, 3.63) is 17.7 Å². The zero-order valence-corrected chi connectivity index (χ0v) is 15.3. The molecule has 9 nitrogen and oxygen atoms in total. The molecule has 3 N–H and O–H groups in total. The number of imidazole rings is 1. The monoisotopic (exact) mass is 359 g/mol. The summed E-state index contributed by atoms with van der Waals surface area (Å²) < 4.78 is 17.2. The molecule has 0 aliphatic carbocycles. The third-order valence-electron chi connectivity index (χ3n) is 3.11. The van der Waals surface area contributed by atoms with Gasteiger partial charge in [0.15, 0.2) is 11.4 Å². The Morgan fingerprint density at radius 3 is 2.29 bits per heavy atom. The summed E-state index contributed by atoms with van der Waals surface area (Å²) in [4.78, 5) is 29.1. The number of nitrogens with zero attached hydrogens (tertiary/aromatic N) is 1. The molecule has 0 saturated carbocycles. The van der Waals surface area contributed by atoms with Crippen molar-refractivity contribution in [1.29, 1.82) is 0 Å². The molecule has 0 spiro atoms. The summed E-state index contributed by atoms with van der Waals surface area (Å²) in [5.41, 5.74) is -0.361. The summed E-state index contributed by atoms with van der Waals surface area (Å²) >= 11 is 0. The number of aromatic amines is 1. The van der Waals surface area contributed by atoms with Crippen LogP contribution in [0.3, 0.4) is 0 Å². The molecule has 10 heteroatoms. The molecule has 1 amide bonds. The van der Waals surface area contributed by atoms with Gasteiger partial charge in [-0.3, -0.25) is 4.79 Å². The second kappa shape index (κ2) is 10.2. The first-order valence-corrected chi connectivity index (χ1v) is 9.89. The minimum Gasteiger partial charge on any atom is -0.477 e. The number of carbonyl (C=O) groups excluding carboxylic acids is 1. The number of aromatic carboxylic acids is 1. The molecule has 0 atom stereocenters. The predicted molar refractivity (Wildman–Crippen MR) is 87.9 cm³/mol. The SMILES string of the molecule is CCO[Si](CCCNC(=O)c1nc[nH]c1C(=O)O)(OCC)OCC. The normalized spacial score (nSPS) is 11.5. The second-order valence-electron chi connectivity index (χ2n) is 4.77. The first kappa shape index (κ1) is 20.3. The van der Waals surface area contributed by atoms with Gasteiger partial charge in [0.1, 0.15) is 0 Å². The number of carboxylic acid groups (broad SMARTS) is 1. The summed E-state index contributed by atoms with van der Waals surface area (Å²) in [5.74, 6) is -1.77. The van der Waals surface area contributed by atoms with Crippen molar-refractivity contribution in [1.82, 2.24) is 15.3 Å². The standard InChI is InChI=1S/C14H25N3O6Si/c1-4-21-24(22-5-2,23-6-3)9-7-8-15-13(18)11-12(14(19)20)17-10-16-11/h10H,4-9H2,1-3H3,(H,15,18)(H,16,17)(H,19,20). The van der Waals surface area contributed by atoms with E-state index in [0.717, 1.165) is 0 Å². The number of hydrogen-bond donors (Lipinski definition) is 3. The van der Waals surface area contributed by atoms with E-state index in [-0.39, 0.29) is 11.4 Å². The third kappa shape index (κ3) is 5.71. The van der Waals surface area contributed by atoms with E-state index in [9.17, 15) is 9.59 Å². The van der Waals surface area contributed by atoms with Crippen LogP contribution in [0.15, 0.2) is 6.33 Å². The zero-order chi connectivity index (χ0) is 18.0. The number of nitrogens with one attached hydrogen (secondary N) is 2. The Morgan fingerprint density at radius 2 is 1.79 bits per heavy atom. The van der Waals surface area contributed by atoms with Gasteiger partial charge in [-0.1, -0.05) is 0 Å². The highest BCUT2D eigenvalue weighted by molar-refractivity contribution is 6.60. The van der Waals surface area contributed by atoms with E-state index in [4.69, 9.17) is 18.4 Å². The number of carboxylic acids is 1. The van der Waals surface area contributed by atoms with E-state index in [2.05, 4.69) is 15.3 Å². The van der Waals surface area contributed by atoms with Gasteiger partial charge in [-0.25, -0.2) is 9.78 Å². The number of H-pyrrole nitrogens is 1.